The summed E-state index contributed by atoms with van der Waals surface area (Å²) in [5.41, 5.74) is 0.605. The Bertz CT molecular complexity index is 512. The minimum Gasteiger partial charge on any atom is -0.459 e. The molecular weight excluding hydrogens is 328 g/mol. The van der Waals surface area contributed by atoms with E-state index in [1.54, 1.807) is 24.3 Å². The Kier molecular flexibility index (Phi) is 6.41. The molecule has 0 aliphatic rings. The number of hydrogen-bond acceptors (Lipinski definition) is 5. The predicted octanol–water partition coefficient (Wildman–Crippen LogP) is 2.09. The van der Waals surface area contributed by atoms with Crippen molar-refractivity contribution in [3.63, 3.8) is 0 Å². The largest absolute Gasteiger partial charge is 0.459 e. The highest BCUT2D eigenvalue weighted by molar-refractivity contribution is 9.10. The van der Waals surface area contributed by atoms with Crippen LogP contribution >= 0.6 is 15.9 Å². The first-order valence-electron chi connectivity index (χ1n) is 5.83. The molecule has 1 aromatic carbocycles. The van der Waals surface area contributed by atoms with Gasteiger partial charge in [0.1, 0.15) is 19.3 Å². The fourth-order valence-electron chi connectivity index (χ4n) is 1.21. The molecule has 5 nitrogen and oxygen atoms in total. The monoisotopic (exact) mass is 342 g/mol. The molecule has 6 heteroatoms. The molecule has 0 saturated heterocycles. The van der Waals surface area contributed by atoms with Gasteiger partial charge >= 0.3 is 11.9 Å². The van der Waals surface area contributed by atoms with Gasteiger partial charge in [-0.05, 0) is 25.1 Å². The number of carbonyl (C=O) groups excluding carboxylic acids is 2. The summed E-state index contributed by atoms with van der Waals surface area (Å²) in [5.74, 6) is -1.15. The van der Waals surface area contributed by atoms with Crippen LogP contribution in [0.1, 0.15) is 17.3 Å². The van der Waals surface area contributed by atoms with Crippen molar-refractivity contribution < 1.29 is 24.2 Å². The molecule has 0 aliphatic carbocycles. The summed E-state index contributed by atoms with van der Waals surface area (Å²) in [6, 6.07) is 6.69. The fourth-order valence-corrected chi connectivity index (χ4v) is 1.61. The maximum absolute atomic E-state index is 11.7. The van der Waals surface area contributed by atoms with Crippen LogP contribution < -0.4 is 0 Å². The Morgan fingerprint density at radius 1 is 1.35 bits per heavy atom. The lowest BCUT2D eigenvalue weighted by Gasteiger charge is -2.12. The summed E-state index contributed by atoms with van der Waals surface area (Å²) in [6.45, 7) is 4.40. The molecule has 1 unspecified atom stereocenters. The lowest BCUT2D eigenvalue weighted by molar-refractivity contribution is -0.142. The van der Waals surface area contributed by atoms with Crippen LogP contribution in [-0.2, 0) is 14.3 Å². The highest BCUT2D eigenvalue weighted by Gasteiger charge is 2.13. The molecule has 0 spiro atoms. The number of esters is 2. The summed E-state index contributed by atoms with van der Waals surface area (Å²) >= 11 is 3.24. The number of benzene rings is 1. The predicted molar refractivity (Wildman–Crippen MR) is 76.2 cm³/mol. The normalized spacial score (nSPS) is 11.6. The Balaban J connectivity index is 2.37. The molecule has 0 aliphatic heterocycles. The average Bonchev–Trinajstić information content (AvgIpc) is 2.41. The Morgan fingerprint density at radius 3 is 2.60 bits per heavy atom. The second-order valence-electron chi connectivity index (χ2n) is 4.14. The third-order valence-corrected chi connectivity index (χ3v) is 2.72. The summed E-state index contributed by atoms with van der Waals surface area (Å²) in [6.07, 6.45) is -1.07. The zero-order valence-electron chi connectivity index (χ0n) is 11.0. The fraction of sp³-hybridized carbons (Fsp3) is 0.286. The Hall–Kier alpha value is -1.66. The second kappa shape index (κ2) is 7.81. The molecule has 1 aromatic rings. The maximum Gasteiger partial charge on any atom is 0.338 e. The summed E-state index contributed by atoms with van der Waals surface area (Å²) < 4.78 is 10.4. The van der Waals surface area contributed by atoms with Crippen molar-refractivity contribution in [2.24, 2.45) is 0 Å². The molecule has 0 radical (unpaired) electrons. The van der Waals surface area contributed by atoms with E-state index in [9.17, 15) is 14.7 Å². The van der Waals surface area contributed by atoms with E-state index in [1.807, 2.05) is 0 Å². The van der Waals surface area contributed by atoms with Gasteiger partial charge in [0.25, 0.3) is 0 Å². The molecule has 0 bridgehead atoms. The zero-order chi connectivity index (χ0) is 15.1. The van der Waals surface area contributed by atoms with Gasteiger partial charge in [-0.25, -0.2) is 9.59 Å². The third kappa shape index (κ3) is 5.54. The van der Waals surface area contributed by atoms with Crippen LogP contribution in [0.3, 0.4) is 0 Å². The minimum atomic E-state index is -1.07. The Labute approximate surface area is 125 Å². The van der Waals surface area contributed by atoms with Gasteiger partial charge in [0.2, 0.25) is 0 Å². The van der Waals surface area contributed by atoms with Crippen molar-refractivity contribution >= 4 is 27.9 Å². The van der Waals surface area contributed by atoms with E-state index >= 15 is 0 Å². The number of hydrogen-bond donors (Lipinski definition) is 1. The van der Waals surface area contributed by atoms with Crippen LogP contribution in [0.4, 0.5) is 0 Å². The van der Waals surface area contributed by atoms with Gasteiger partial charge in [0.05, 0.1) is 5.56 Å². The number of ether oxygens (including phenoxy) is 2. The minimum absolute atomic E-state index is 0.239. The number of aliphatic hydroxyl groups excluding tert-OH is 1. The van der Waals surface area contributed by atoms with Gasteiger partial charge < -0.3 is 14.6 Å². The molecule has 1 atom stereocenters. The second-order valence-corrected chi connectivity index (χ2v) is 5.06. The van der Waals surface area contributed by atoms with E-state index in [1.165, 1.54) is 6.92 Å². The van der Waals surface area contributed by atoms with Crippen LogP contribution in [0.5, 0.6) is 0 Å². The summed E-state index contributed by atoms with van der Waals surface area (Å²) in [7, 11) is 0. The van der Waals surface area contributed by atoms with Crippen LogP contribution in [0.15, 0.2) is 40.9 Å². The molecule has 108 valence electrons. The van der Waals surface area contributed by atoms with Crippen molar-refractivity contribution in [1.82, 2.24) is 0 Å². The van der Waals surface area contributed by atoms with E-state index in [-0.39, 0.29) is 18.8 Å². The molecule has 20 heavy (non-hydrogen) atoms. The highest BCUT2D eigenvalue weighted by Crippen LogP contribution is 2.12. The first kappa shape index (κ1) is 16.4. The first-order valence-corrected chi connectivity index (χ1v) is 6.63. The zero-order valence-corrected chi connectivity index (χ0v) is 12.6. The van der Waals surface area contributed by atoms with Gasteiger partial charge in [-0.2, -0.15) is 0 Å². The summed E-state index contributed by atoms with van der Waals surface area (Å²) in [5, 5.41) is 9.54. The van der Waals surface area contributed by atoms with Crippen LogP contribution in [0.2, 0.25) is 0 Å². The summed E-state index contributed by atoms with van der Waals surface area (Å²) in [4.78, 5) is 22.8. The molecule has 0 saturated carbocycles. The molecule has 1 N–H and O–H groups in total. The third-order valence-electron chi connectivity index (χ3n) is 2.22. The highest BCUT2D eigenvalue weighted by atomic mass is 79.9. The van der Waals surface area contributed by atoms with Crippen molar-refractivity contribution in [3.05, 3.63) is 46.5 Å². The molecule has 0 heterocycles. The standard InChI is InChI=1S/C14H15BrO5/c1-9(2)13(17)19-7-12(16)8-20-14(18)10-4-3-5-11(15)6-10/h3-6,12,16H,1,7-8H2,2H3. The average molecular weight is 343 g/mol. The van der Waals surface area contributed by atoms with E-state index < -0.39 is 18.0 Å². The van der Waals surface area contributed by atoms with E-state index in [0.717, 1.165) is 4.47 Å². The molecular formula is C14H15BrO5. The van der Waals surface area contributed by atoms with Gasteiger partial charge in [0.15, 0.2) is 0 Å². The molecule has 0 amide bonds. The Morgan fingerprint density at radius 2 is 2.00 bits per heavy atom. The smallest absolute Gasteiger partial charge is 0.338 e. The SMILES string of the molecule is C=C(C)C(=O)OCC(O)COC(=O)c1cccc(Br)c1. The topological polar surface area (TPSA) is 72.8 Å². The first-order chi connectivity index (χ1) is 9.40. The van der Waals surface area contributed by atoms with E-state index in [0.29, 0.717) is 5.56 Å². The van der Waals surface area contributed by atoms with Crippen LogP contribution in [-0.4, -0.2) is 36.4 Å². The lowest BCUT2D eigenvalue weighted by atomic mass is 10.2. The lowest BCUT2D eigenvalue weighted by Crippen LogP contribution is -2.25. The van der Waals surface area contributed by atoms with Crippen LogP contribution in [0.25, 0.3) is 0 Å². The number of aliphatic hydroxyl groups is 1. The number of rotatable bonds is 6. The van der Waals surface area contributed by atoms with Gasteiger partial charge in [-0.3, -0.25) is 0 Å². The molecule has 0 aromatic heterocycles. The van der Waals surface area contributed by atoms with Gasteiger partial charge in [0, 0.05) is 10.0 Å². The van der Waals surface area contributed by atoms with Gasteiger partial charge in [-0.15, -0.1) is 0 Å². The number of carbonyl (C=O) groups is 2. The van der Waals surface area contributed by atoms with Crippen LogP contribution in [0, 0.1) is 0 Å². The van der Waals surface area contributed by atoms with Crippen molar-refractivity contribution in [2.45, 2.75) is 13.0 Å². The number of halogens is 1. The molecule has 0 fully saturated rings. The molecule has 1 rings (SSSR count). The van der Waals surface area contributed by atoms with Gasteiger partial charge in [-0.1, -0.05) is 28.6 Å². The van der Waals surface area contributed by atoms with Crippen molar-refractivity contribution in [1.29, 1.82) is 0 Å². The van der Waals surface area contributed by atoms with Crippen molar-refractivity contribution in [3.8, 4) is 0 Å². The van der Waals surface area contributed by atoms with E-state index in [2.05, 4.69) is 22.5 Å². The van der Waals surface area contributed by atoms with Crippen molar-refractivity contribution in [2.75, 3.05) is 13.2 Å². The maximum atomic E-state index is 11.7. The quantitative estimate of drug-likeness (QED) is 0.633. The van der Waals surface area contributed by atoms with E-state index in [4.69, 9.17) is 9.47 Å².